The molecule has 0 aliphatic carbocycles. The summed E-state index contributed by atoms with van der Waals surface area (Å²) in [5.41, 5.74) is 5.53. The molecule has 0 saturated carbocycles. The van der Waals surface area contributed by atoms with Gasteiger partial charge in [-0.2, -0.15) is 5.10 Å². The topological polar surface area (TPSA) is 101 Å². The zero-order valence-electron chi connectivity index (χ0n) is 20.1. The predicted octanol–water partition coefficient (Wildman–Crippen LogP) is 4.46. The maximum absolute atomic E-state index is 13.6. The second-order valence-corrected chi connectivity index (χ2v) is 8.86. The standard InChI is InChI=1S/C29H23N5O3/c1-37-17-26(35)34-25(19-11-12-22-23(15-19)31-14-13-30-22)16-24(33-34)28-27(18-7-3-2-4-8-18)20-9-5-6-10-21(20)32-29(28)36/h2-15,25H,16-17H2,1H3,(H,32,36)/t25-/m0/s1. The second-order valence-electron chi connectivity index (χ2n) is 8.86. The van der Waals surface area contributed by atoms with Gasteiger partial charge in [0.05, 0.1) is 28.4 Å². The van der Waals surface area contributed by atoms with E-state index in [1.165, 1.54) is 12.1 Å². The van der Waals surface area contributed by atoms with Gasteiger partial charge in [-0.3, -0.25) is 19.6 Å². The summed E-state index contributed by atoms with van der Waals surface area (Å²) < 4.78 is 5.14. The first kappa shape index (κ1) is 22.8. The third-order valence-corrected chi connectivity index (χ3v) is 6.58. The lowest BCUT2D eigenvalue weighted by Gasteiger charge is -2.21. The van der Waals surface area contributed by atoms with E-state index in [-0.39, 0.29) is 18.1 Å². The Labute approximate surface area is 212 Å². The van der Waals surface area contributed by atoms with Crippen LogP contribution in [0, 0.1) is 0 Å². The van der Waals surface area contributed by atoms with Gasteiger partial charge < -0.3 is 9.72 Å². The molecule has 6 rings (SSSR count). The maximum atomic E-state index is 13.6. The lowest BCUT2D eigenvalue weighted by atomic mass is 9.91. The predicted molar refractivity (Wildman–Crippen MR) is 142 cm³/mol. The number of rotatable bonds is 5. The fraction of sp³-hybridized carbons (Fsp3) is 0.138. The van der Waals surface area contributed by atoms with Crippen LogP contribution >= 0.6 is 0 Å². The molecular weight excluding hydrogens is 466 g/mol. The molecule has 3 aromatic carbocycles. The minimum Gasteiger partial charge on any atom is -0.375 e. The van der Waals surface area contributed by atoms with Crippen LogP contribution < -0.4 is 5.56 Å². The Morgan fingerprint density at radius 1 is 0.973 bits per heavy atom. The molecule has 0 unspecified atom stereocenters. The van der Waals surface area contributed by atoms with Crippen molar-refractivity contribution in [2.75, 3.05) is 13.7 Å². The number of amides is 1. The van der Waals surface area contributed by atoms with E-state index in [0.29, 0.717) is 17.7 Å². The lowest BCUT2D eigenvalue weighted by molar-refractivity contribution is -0.137. The average Bonchev–Trinajstić information content (AvgIpc) is 3.38. The van der Waals surface area contributed by atoms with Gasteiger partial charge in [0, 0.05) is 42.4 Å². The van der Waals surface area contributed by atoms with Crippen molar-refractivity contribution in [3.05, 3.63) is 107 Å². The SMILES string of the molecule is COCC(=O)N1N=C(c2c(-c3ccccc3)c3ccccc3[nH]c2=O)C[C@H]1c1ccc2nccnc2c1. The van der Waals surface area contributed by atoms with Crippen molar-refractivity contribution in [1.82, 2.24) is 20.0 Å². The van der Waals surface area contributed by atoms with E-state index >= 15 is 0 Å². The number of aromatic amines is 1. The zero-order chi connectivity index (χ0) is 25.4. The maximum Gasteiger partial charge on any atom is 0.269 e. The van der Waals surface area contributed by atoms with Crippen LogP contribution in [0.3, 0.4) is 0 Å². The zero-order valence-corrected chi connectivity index (χ0v) is 20.1. The number of hydrogen-bond donors (Lipinski definition) is 1. The first-order valence-corrected chi connectivity index (χ1v) is 11.9. The fourth-order valence-electron chi connectivity index (χ4n) is 4.95. The molecule has 3 heterocycles. The highest BCUT2D eigenvalue weighted by Crippen LogP contribution is 2.37. The van der Waals surface area contributed by atoms with Crippen LogP contribution in [0.2, 0.25) is 0 Å². The van der Waals surface area contributed by atoms with Crippen LogP contribution in [-0.4, -0.2) is 45.3 Å². The number of carbonyl (C=O) groups excluding carboxylic acids is 1. The number of hydrazone groups is 1. The molecule has 2 aromatic heterocycles. The molecular formula is C29H23N5O3. The van der Waals surface area contributed by atoms with Crippen LogP contribution in [0.15, 0.2) is 95.1 Å². The molecule has 0 spiro atoms. The van der Waals surface area contributed by atoms with Gasteiger partial charge in [0.1, 0.15) is 6.61 Å². The van der Waals surface area contributed by atoms with Gasteiger partial charge in [-0.1, -0.05) is 54.6 Å². The van der Waals surface area contributed by atoms with Gasteiger partial charge in [0.2, 0.25) is 0 Å². The minimum atomic E-state index is -0.418. The Bertz CT molecular complexity index is 1730. The molecule has 5 aromatic rings. The molecule has 1 atom stereocenters. The van der Waals surface area contributed by atoms with Crippen molar-refractivity contribution in [1.29, 1.82) is 0 Å². The summed E-state index contributed by atoms with van der Waals surface area (Å²) >= 11 is 0. The lowest BCUT2D eigenvalue weighted by Crippen LogP contribution is -2.30. The summed E-state index contributed by atoms with van der Waals surface area (Å²) in [7, 11) is 1.47. The van der Waals surface area contributed by atoms with Crippen molar-refractivity contribution in [3.63, 3.8) is 0 Å². The summed E-state index contributed by atoms with van der Waals surface area (Å²) in [6, 6.07) is 22.8. The van der Waals surface area contributed by atoms with Gasteiger partial charge >= 0.3 is 0 Å². The minimum absolute atomic E-state index is 0.125. The number of methoxy groups -OCH3 is 1. The third-order valence-electron chi connectivity index (χ3n) is 6.58. The first-order valence-electron chi connectivity index (χ1n) is 11.9. The van der Waals surface area contributed by atoms with Gasteiger partial charge in [-0.25, -0.2) is 5.01 Å². The van der Waals surface area contributed by atoms with E-state index in [2.05, 4.69) is 15.0 Å². The summed E-state index contributed by atoms with van der Waals surface area (Å²) in [5, 5.41) is 7.07. The molecule has 1 amide bonds. The van der Waals surface area contributed by atoms with Crippen LogP contribution in [-0.2, 0) is 9.53 Å². The van der Waals surface area contributed by atoms with E-state index < -0.39 is 6.04 Å². The summed E-state index contributed by atoms with van der Waals surface area (Å²) in [5.74, 6) is -0.291. The van der Waals surface area contributed by atoms with Crippen molar-refractivity contribution >= 4 is 33.6 Å². The highest BCUT2D eigenvalue weighted by atomic mass is 16.5. The van der Waals surface area contributed by atoms with E-state index in [4.69, 9.17) is 9.84 Å². The Balaban J connectivity index is 1.53. The number of nitrogens with zero attached hydrogens (tertiary/aromatic N) is 4. The van der Waals surface area contributed by atoms with E-state index in [1.54, 1.807) is 12.4 Å². The van der Waals surface area contributed by atoms with Gasteiger partial charge in [-0.15, -0.1) is 0 Å². The van der Waals surface area contributed by atoms with Crippen molar-refractivity contribution < 1.29 is 9.53 Å². The average molecular weight is 490 g/mol. The largest absolute Gasteiger partial charge is 0.375 e. The molecule has 182 valence electrons. The van der Waals surface area contributed by atoms with Crippen molar-refractivity contribution in [3.8, 4) is 11.1 Å². The molecule has 37 heavy (non-hydrogen) atoms. The van der Waals surface area contributed by atoms with Crippen molar-refractivity contribution in [2.45, 2.75) is 12.5 Å². The van der Waals surface area contributed by atoms with Crippen molar-refractivity contribution in [2.24, 2.45) is 5.10 Å². The molecule has 0 radical (unpaired) electrons. The number of benzene rings is 3. The molecule has 0 saturated heterocycles. The molecule has 1 aliphatic heterocycles. The molecule has 1 N–H and O–H groups in total. The molecule has 0 bridgehead atoms. The number of hydrogen-bond acceptors (Lipinski definition) is 6. The molecule has 8 heteroatoms. The number of aromatic nitrogens is 3. The summed E-state index contributed by atoms with van der Waals surface area (Å²) in [6.07, 6.45) is 3.64. The summed E-state index contributed by atoms with van der Waals surface area (Å²) in [6.45, 7) is -0.125. The Morgan fingerprint density at radius 3 is 2.54 bits per heavy atom. The van der Waals surface area contributed by atoms with Gasteiger partial charge in [0.25, 0.3) is 11.5 Å². The number of fused-ring (bicyclic) bond motifs is 2. The quantitative estimate of drug-likeness (QED) is 0.393. The van der Waals surface area contributed by atoms with Crippen LogP contribution in [0.1, 0.15) is 23.6 Å². The number of carbonyl (C=O) groups is 1. The van der Waals surface area contributed by atoms with Gasteiger partial charge in [-0.05, 0) is 29.3 Å². The van der Waals surface area contributed by atoms with Crippen LogP contribution in [0.4, 0.5) is 0 Å². The molecule has 1 aliphatic rings. The Morgan fingerprint density at radius 2 is 1.73 bits per heavy atom. The summed E-state index contributed by atoms with van der Waals surface area (Å²) in [4.78, 5) is 38.4. The number of para-hydroxylation sites is 1. The fourth-order valence-corrected chi connectivity index (χ4v) is 4.95. The molecule has 0 fully saturated rings. The number of nitrogens with one attached hydrogen (secondary N) is 1. The van der Waals surface area contributed by atoms with Crippen LogP contribution in [0.5, 0.6) is 0 Å². The second kappa shape index (κ2) is 9.40. The van der Waals surface area contributed by atoms with Crippen LogP contribution in [0.25, 0.3) is 33.1 Å². The van der Waals surface area contributed by atoms with Gasteiger partial charge in [0.15, 0.2) is 0 Å². The number of pyridine rings is 1. The Kier molecular flexibility index (Phi) is 5.78. The van der Waals surface area contributed by atoms with E-state index in [1.807, 2.05) is 72.8 Å². The smallest absolute Gasteiger partial charge is 0.269 e. The van der Waals surface area contributed by atoms with E-state index in [0.717, 1.165) is 38.6 Å². The normalized spacial score (nSPS) is 15.3. The monoisotopic (exact) mass is 489 g/mol. The number of ether oxygens (including phenoxy) is 1. The molecule has 8 nitrogen and oxygen atoms in total. The highest BCUT2D eigenvalue weighted by molar-refractivity contribution is 6.12. The van der Waals surface area contributed by atoms with E-state index in [9.17, 15) is 9.59 Å². The first-order chi connectivity index (χ1) is 18.1. The highest BCUT2D eigenvalue weighted by Gasteiger charge is 2.35. The Hall–Kier alpha value is -4.69. The number of H-pyrrole nitrogens is 1. The third kappa shape index (κ3) is 4.07.